The van der Waals surface area contributed by atoms with E-state index >= 15 is 0 Å². The molecule has 2 rings (SSSR count). The van der Waals surface area contributed by atoms with Crippen LogP contribution in [0, 0.1) is 0 Å². The molecule has 4 nitrogen and oxygen atoms in total. The van der Waals surface area contributed by atoms with Gasteiger partial charge in [0.15, 0.2) is 8.32 Å². The second-order valence-corrected chi connectivity index (χ2v) is 12.3. The molecule has 0 radical (unpaired) electrons. The average Bonchev–Trinajstić information content (AvgIpc) is 2.52. The van der Waals surface area contributed by atoms with E-state index in [-0.39, 0.29) is 11.5 Å². The van der Waals surface area contributed by atoms with Crippen molar-refractivity contribution in [2.24, 2.45) is 0 Å². The highest BCUT2D eigenvalue weighted by molar-refractivity contribution is 7.86. The van der Waals surface area contributed by atoms with Crippen molar-refractivity contribution in [2.45, 2.75) is 37.8 Å². The molecule has 0 spiro atoms. The molecule has 2 aromatic carbocycles. The van der Waals surface area contributed by atoms with Crippen molar-refractivity contribution < 1.29 is 17.0 Å². The molecule has 6 heteroatoms. The van der Waals surface area contributed by atoms with Crippen LogP contribution < -0.4 is 0 Å². The number of rotatable bonds is 7. The van der Waals surface area contributed by atoms with Crippen LogP contribution >= 0.6 is 0 Å². The summed E-state index contributed by atoms with van der Waals surface area (Å²) in [4.78, 5) is 0.163. The van der Waals surface area contributed by atoms with Gasteiger partial charge >= 0.3 is 0 Å². The summed E-state index contributed by atoms with van der Waals surface area (Å²) in [6.07, 6.45) is 0. The van der Waals surface area contributed by atoms with Gasteiger partial charge in [-0.25, -0.2) is 0 Å². The SMILES string of the molecule is C[Si](C)(C)OCc1ccccc1COS(=O)(=O)c1ccccc1. The number of benzene rings is 2. The fourth-order valence-corrected chi connectivity index (χ4v) is 3.43. The van der Waals surface area contributed by atoms with E-state index in [1.54, 1.807) is 18.2 Å². The maximum absolute atomic E-state index is 12.2. The van der Waals surface area contributed by atoms with E-state index in [0.29, 0.717) is 6.61 Å². The first-order valence-electron chi connectivity index (χ1n) is 7.43. The lowest BCUT2D eigenvalue weighted by Gasteiger charge is -2.18. The van der Waals surface area contributed by atoms with Crippen LogP contribution in [0.2, 0.25) is 19.6 Å². The fraction of sp³-hybridized carbons (Fsp3) is 0.294. The van der Waals surface area contributed by atoms with Gasteiger partial charge in [-0.05, 0) is 42.9 Å². The van der Waals surface area contributed by atoms with Gasteiger partial charge in [-0.1, -0.05) is 42.5 Å². The summed E-state index contributed by atoms with van der Waals surface area (Å²) in [6, 6.07) is 15.7. The number of hydrogen-bond donors (Lipinski definition) is 0. The van der Waals surface area contributed by atoms with Crippen molar-refractivity contribution in [3.8, 4) is 0 Å². The molecule has 23 heavy (non-hydrogen) atoms. The van der Waals surface area contributed by atoms with Crippen molar-refractivity contribution in [1.82, 2.24) is 0 Å². The van der Waals surface area contributed by atoms with Crippen LogP contribution in [0.3, 0.4) is 0 Å². The summed E-state index contributed by atoms with van der Waals surface area (Å²) >= 11 is 0. The maximum Gasteiger partial charge on any atom is 0.297 e. The lowest BCUT2D eigenvalue weighted by atomic mass is 10.1. The Kier molecular flexibility index (Phi) is 5.75. The molecular weight excluding hydrogens is 328 g/mol. The molecule has 2 aromatic rings. The topological polar surface area (TPSA) is 52.6 Å². The minimum absolute atomic E-state index is 0.00244. The van der Waals surface area contributed by atoms with Crippen LogP contribution in [0.4, 0.5) is 0 Å². The second kappa shape index (κ2) is 7.40. The monoisotopic (exact) mass is 350 g/mol. The van der Waals surface area contributed by atoms with Crippen LogP contribution in [0.15, 0.2) is 59.5 Å². The summed E-state index contributed by atoms with van der Waals surface area (Å²) in [6.45, 7) is 6.83. The average molecular weight is 351 g/mol. The Labute approximate surface area is 139 Å². The summed E-state index contributed by atoms with van der Waals surface area (Å²) in [5.41, 5.74) is 1.78. The van der Waals surface area contributed by atoms with Crippen LogP contribution in [0.5, 0.6) is 0 Å². The Morgan fingerprint density at radius 3 is 1.91 bits per heavy atom. The summed E-state index contributed by atoms with van der Waals surface area (Å²) in [5.74, 6) is 0. The normalized spacial score (nSPS) is 12.3. The molecule has 0 atom stereocenters. The van der Waals surface area contributed by atoms with E-state index in [2.05, 4.69) is 19.6 Å². The Morgan fingerprint density at radius 1 is 0.826 bits per heavy atom. The standard InChI is InChI=1S/C17H22O4SSi/c1-23(2,3)21-14-16-10-8-7-9-15(16)13-20-22(18,19)17-11-5-4-6-12-17/h4-12H,13-14H2,1-3H3. The predicted octanol–water partition coefficient (Wildman–Crippen LogP) is 3.94. The summed E-state index contributed by atoms with van der Waals surface area (Å²) in [7, 11) is -5.38. The molecule has 0 aliphatic heterocycles. The zero-order chi connectivity index (χ0) is 16.9. The quantitative estimate of drug-likeness (QED) is 0.560. The Bertz CT molecular complexity index is 737. The highest BCUT2D eigenvalue weighted by Crippen LogP contribution is 2.18. The van der Waals surface area contributed by atoms with Gasteiger partial charge in [0.25, 0.3) is 10.1 Å². The van der Waals surface area contributed by atoms with Crippen LogP contribution in [0.1, 0.15) is 11.1 Å². The highest BCUT2D eigenvalue weighted by atomic mass is 32.2. The molecule has 0 fully saturated rings. The zero-order valence-electron chi connectivity index (χ0n) is 13.7. The summed E-state index contributed by atoms with van der Waals surface area (Å²) in [5, 5.41) is 0. The predicted molar refractivity (Wildman–Crippen MR) is 93.0 cm³/mol. The lowest BCUT2D eigenvalue weighted by molar-refractivity contribution is 0.283. The van der Waals surface area contributed by atoms with E-state index in [4.69, 9.17) is 8.61 Å². The van der Waals surface area contributed by atoms with Gasteiger partial charge in [-0.3, -0.25) is 4.18 Å². The van der Waals surface area contributed by atoms with Gasteiger partial charge in [-0.15, -0.1) is 0 Å². The third-order valence-corrected chi connectivity index (χ3v) is 5.47. The third-order valence-electron chi connectivity index (χ3n) is 3.18. The molecule has 0 heterocycles. The van der Waals surface area contributed by atoms with E-state index in [1.807, 2.05) is 24.3 Å². The molecule has 0 aliphatic rings. The Balaban J connectivity index is 2.09. The minimum Gasteiger partial charge on any atom is -0.413 e. The minimum atomic E-state index is -3.75. The molecular formula is C17H22O4SSi. The van der Waals surface area contributed by atoms with Crippen LogP contribution in [-0.2, 0) is 31.9 Å². The van der Waals surface area contributed by atoms with Gasteiger partial charge in [0.1, 0.15) is 0 Å². The second-order valence-electron chi connectivity index (χ2n) is 6.20. The molecule has 0 aliphatic carbocycles. The van der Waals surface area contributed by atoms with Crippen molar-refractivity contribution in [3.05, 3.63) is 65.7 Å². The Morgan fingerprint density at radius 2 is 1.35 bits per heavy atom. The molecule has 0 N–H and O–H groups in total. The van der Waals surface area contributed by atoms with Crippen molar-refractivity contribution in [1.29, 1.82) is 0 Å². The molecule has 0 bridgehead atoms. The highest BCUT2D eigenvalue weighted by Gasteiger charge is 2.17. The van der Waals surface area contributed by atoms with Crippen molar-refractivity contribution >= 4 is 18.4 Å². The molecule has 0 unspecified atom stereocenters. The first kappa shape index (κ1) is 17.9. The molecule has 0 amide bonds. The van der Waals surface area contributed by atoms with Gasteiger partial charge in [-0.2, -0.15) is 8.42 Å². The van der Waals surface area contributed by atoms with Crippen LogP contribution in [0.25, 0.3) is 0 Å². The maximum atomic E-state index is 12.2. The smallest absolute Gasteiger partial charge is 0.297 e. The van der Waals surface area contributed by atoms with E-state index in [1.165, 1.54) is 12.1 Å². The van der Waals surface area contributed by atoms with Crippen LogP contribution in [-0.4, -0.2) is 16.7 Å². The third kappa shape index (κ3) is 5.58. The molecule has 0 saturated heterocycles. The summed E-state index contributed by atoms with van der Waals surface area (Å²) < 4.78 is 35.5. The van der Waals surface area contributed by atoms with Gasteiger partial charge < -0.3 is 4.43 Å². The van der Waals surface area contributed by atoms with Gasteiger partial charge in [0.05, 0.1) is 18.1 Å². The lowest BCUT2D eigenvalue weighted by Crippen LogP contribution is -2.25. The number of hydrogen-bond acceptors (Lipinski definition) is 4. The van der Waals surface area contributed by atoms with Crippen molar-refractivity contribution in [2.75, 3.05) is 0 Å². The largest absolute Gasteiger partial charge is 0.413 e. The van der Waals surface area contributed by atoms with Crippen molar-refractivity contribution in [3.63, 3.8) is 0 Å². The van der Waals surface area contributed by atoms with Gasteiger partial charge in [0, 0.05) is 0 Å². The van der Waals surface area contributed by atoms with E-state index < -0.39 is 18.4 Å². The molecule has 124 valence electrons. The van der Waals surface area contributed by atoms with Gasteiger partial charge in [0.2, 0.25) is 0 Å². The molecule has 0 aromatic heterocycles. The molecule has 0 saturated carbocycles. The fourth-order valence-electron chi connectivity index (χ4n) is 1.93. The van der Waals surface area contributed by atoms with E-state index in [9.17, 15) is 8.42 Å². The first-order chi connectivity index (χ1) is 10.8. The van der Waals surface area contributed by atoms with E-state index in [0.717, 1.165) is 11.1 Å². The Hall–Kier alpha value is -1.47. The first-order valence-corrected chi connectivity index (χ1v) is 12.2. The zero-order valence-corrected chi connectivity index (χ0v) is 15.5.